The minimum absolute atomic E-state index is 0.361. The van der Waals surface area contributed by atoms with E-state index < -0.39 is 5.97 Å². The van der Waals surface area contributed by atoms with Crippen molar-refractivity contribution >= 4 is 16.9 Å². The van der Waals surface area contributed by atoms with E-state index >= 15 is 0 Å². The summed E-state index contributed by atoms with van der Waals surface area (Å²) in [6.07, 6.45) is 2.67. The smallest absolute Gasteiger partial charge is 0.336 e. The maximum Gasteiger partial charge on any atom is 0.336 e. The van der Waals surface area contributed by atoms with Gasteiger partial charge in [-0.1, -0.05) is 23.3 Å². The van der Waals surface area contributed by atoms with Crippen LogP contribution in [0.3, 0.4) is 0 Å². The summed E-state index contributed by atoms with van der Waals surface area (Å²) in [4.78, 5) is 15.4. The third-order valence-electron chi connectivity index (χ3n) is 4.89. The van der Waals surface area contributed by atoms with Gasteiger partial charge in [-0.15, -0.1) is 0 Å². The van der Waals surface area contributed by atoms with Gasteiger partial charge in [-0.05, 0) is 81.5 Å². The van der Waals surface area contributed by atoms with Crippen LogP contribution in [0, 0.1) is 20.8 Å². The molecule has 0 atom stereocenters. The first-order valence-corrected chi connectivity index (χ1v) is 9.08. The number of H-pyrrole nitrogens is 1. The van der Waals surface area contributed by atoms with E-state index in [0.717, 1.165) is 52.5 Å². The van der Waals surface area contributed by atoms with E-state index in [2.05, 4.69) is 37.0 Å². The van der Waals surface area contributed by atoms with E-state index in [-0.39, 0.29) is 0 Å². The molecule has 0 saturated heterocycles. The van der Waals surface area contributed by atoms with Crippen molar-refractivity contribution in [2.24, 2.45) is 5.73 Å². The van der Waals surface area contributed by atoms with Crippen LogP contribution in [0.25, 0.3) is 22.2 Å². The number of hydrogen-bond acceptors (Lipinski definition) is 2. The third-order valence-corrected chi connectivity index (χ3v) is 4.89. The molecule has 0 fully saturated rings. The molecule has 0 aliphatic rings. The van der Waals surface area contributed by atoms with E-state index in [0.29, 0.717) is 12.1 Å². The Morgan fingerprint density at radius 1 is 1.08 bits per heavy atom. The second-order valence-corrected chi connectivity index (χ2v) is 7.09. The average molecular weight is 350 g/mol. The number of aromatic amines is 1. The summed E-state index contributed by atoms with van der Waals surface area (Å²) in [7, 11) is 0. The minimum atomic E-state index is -0.888. The lowest BCUT2D eigenvalue weighted by molar-refractivity contribution is 0.0699. The van der Waals surface area contributed by atoms with Gasteiger partial charge < -0.3 is 15.8 Å². The first-order valence-electron chi connectivity index (χ1n) is 9.08. The molecule has 0 spiro atoms. The van der Waals surface area contributed by atoms with Crippen LogP contribution in [-0.4, -0.2) is 22.6 Å². The molecule has 0 radical (unpaired) electrons. The largest absolute Gasteiger partial charge is 0.478 e. The van der Waals surface area contributed by atoms with Crippen LogP contribution >= 0.6 is 0 Å². The van der Waals surface area contributed by atoms with Crippen molar-refractivity contribution in [1.82, 2.24) is 4.98 Å². The maximum absolute atomic E-state index is 11.8. The predicted octanol–water partition coefficient (Wildman–Crippen LogP) is 4.74. The molecule has 4 heteroatoms. The third kappa shape index (κ3) is 3.37. The number of unbranched alkanes of at least 4 members (excludes halogenated alkanes) is 1. The van der Waals surface area contributed by atoms with E-state index in [1.54, 1.807) is 6.07 Å². The molecule has 1 heterocycles. The lowest BCUT2D eigenvalue weighted by Gasteiger charge is -2.08. The average Bonchev–Trinajstić information content (AvgIpc) is 2.95. The molecule has 3 aromatic rings. The first kappa shape index (κ1) is 18.2. The van der Waals surface area contributed by atoms with Crippen LogP contribution < -0.4 is 5.73 Å². The van der Waals surface area contributed by atoms with Gasteiger partial charge in [-0.25, -0.2) is 4.79 Å². The minimum Gasteiger partial charge on any atom is -0.478 e. The Kier molecular flexibility index (Phi) is 5.14. The standard InChI is InChI=1S/C22H26N2O2/c1-13-10-14(2)12-16(11-13)21-17(6-4-5-9-23)19-18(22(25)26)8-7-15(3)20(19)24-21/h7-8,10-12,24H,4-6,9,23H2,1-3H3,(H,25,26). The Hall–Kier alpha value is -2.59. The van der Waals surface area contributed by atoms with Gasteiger partial charge in [0, 0.05) is 16.6 Å². The number of carboxylic acids is 1. The molecule has 3 rings (SSSR count). The number of nitrogens with two attached hydrogens (primary N) is 1. The number of fused-ring (bicyclic) bond motifs is 1. The number of rotatable bonds is 6. The van der Waals surface area contributed by atoms with Crippen molar-refractivity contribution in [3.05, 3.63) is 58.1 Å². The fourth-order valence-corrected chi connectivity index (χ4v) is 3.75. The van der Waals surface area contributed by atoms with Gasteiger partial charge in [0.1, 0.15) is 0 Å². The molecule has 1 aromatic heterocycles. The highest BCUT2D eigenvalue weighted by Gasteiger charge is 2.20. The Morgan fingerprint density at radius 3 is 2.38 bits per heavy atom. The number of hydrogen-bond donors (Lipinski definition) is 3. The highest BCUT2D eigenvalue weighted by molar-refractivity contribution is 6.07. The van der Waals surface area contributed by atoms with Crippen molar-refractivity contribution in [3.8, 4) is 11.3 Å². The molecule has 4 nitrogen and oxygen atoms in total. The van der Waals surface area contributed by atoms with Crippen LogP contribution in [0.1, 0.15) is 45.5 Å². The Bertz CT molecular complexity index is 950. The number of aryl methyl sites for hydroxylation is 4. The summed E-state index contributed by atoms with van der Waals surface area (Å²) in [5.41, 5.74) is 13.6. The molecule has 0 aliphatic heterocycles. The zero-order valence-electron chi connectivity index (χ0n) is 15.6. The molecule has 26 heavy (non-hydrogen) atoms. The normalized spacial score (nSPS) is 11.2. The van der Waals surface area contributed by atoms with Crippen LogP contribution in [-0.2, 0) is 6.42 Å². The zero-order valence-corrected chi connectivity index (χ0v) is 15.6. The van der Waals surface area contributed by atoms with Gasteiger partial charge in [0.05, 0.1) is 5.56 Å². The summed E-state index contributed by atoms with van der Waals surface area (Å²) in [6, 6.07) is 10.0. The second-order valence-electron chi connectivity index (χ2n) is 7.09. The number of carbonyl (C=O) groups is 1. The molecule has 0 saturated carbocycles. The molecule has 0 aliphatic carbocycles. The van der Waals surface area contributed by atoms with Gasteiger partial charge in [-0.2, -0.15) is 0 Å². The molecule has 136 valence electrons. The van der Waals surface area contributed by atoms with Crippen LogP contribution in [0.15, 0.2) is 30.3 Å². The number of aromatic carboxylic acids is 1. The second kappa shape index (κ2) is 7.34. The summed E-state index contributed by atoms with van der Waals surface area (Å²) >= 11 is 0. The highest BCUT2D eigenvalue weighted by Crippen LogP contribution is 2.36. The van der Waals surface area contributed by atoms with Crippen molar-refractivity contribution in [1.29, 1.82) is 0 Å². The molecule has 0 bridgehead atoms. The molecule has 2 aromatic carbocycles. The molecular formula is C22H26N2O2. The van der Waals surface area contributed by atoms with Gasteiger partial charge >= 0.3 is 5.97 Å². The Labute approximate surface area is 154 Å². The number of nitrogens with one attached hydrogen (secondary N) is 1. The molecular weight excluding hydrogens is 324 g/mol. The lowest BCUT2D eigenvalue weighted by Crippen LogP contribution is -2.01. The monoisotopic (exact) mass is 350 g/mol. The van der Waals surface area contributed by atoms with E-state index in [4.69, 9.17) is 5.73 Å². The van der Waals surface area contributed by atoms with Gasteiger partial charge in [-0.3, -0.25) is 0 Å². The van der Waals surface area contributed by atoms with E-state index in [9.17, 15) is 9.90 Å². The van der Waals surface area contributed by atoms with Crippen LogP contribution in [0.5, 0.6) is 0 Å². The topological polar surface area (TPSA) is 79.1 Å². The fourth-order valence-electron chi connectivity index (χ4n) is 3.75. The molecule has 4 N–H and O–H groups in total. The quantitative estimate of drug-likeness (QED) is 0.562. The van der Waals surface area contributed by atoms with Gasteiger partial charge in [0.2, 0.25) is 0 Å². The molecule has 0 amide bonds. The van der Waals surface area contributed by atoms with Crippen molar-refractivity contribution in [2.75, 3.05) is 6.54 Å². The van der Waals surface area contributed by atoms with E-state index in [1.807, 2.05) is 13.0 Å². The lowest BCUT2D eigenvalue weighted by atomic mass is 9.95. The zero-order chi connectivity index (χ0) is 18.8. The summed E-state index contributed by atoms with van der Waals surface area (Å²) in [5, 5.41) is 10.5. The van der Waals surface area contributed by atoms with Crippen molar-refractivity contribution in [3.63, 3.8) is 0 Å². The summed E-state index contributed by atoms with van der Waals surface area (Å²) in [5.74, 6) is -0.888. The van der Waals surface area contributed by atoms with Crippen molar-refractivity contribution in [2.45, 2.75) is 40.0 Å². The summed E-state index contributed by atoms with van der Waals surface area (Å²) in [6.45, 7) is 6.83. The number of aromatic nitrogens is 1. The maximum atomic E-state index is 11.8. The van der Waals surface area contributed by atoms with E-state index in [1.165, 1.54) is 11.1 Å². The van der Waals surface area contributed by atoms with Gasteiger partial charge in [0.25, 0.3) is 0 Å². The predicted molar refractivity (Wildman–Crippen MR) is 107 cm³/mol. The Balaban J connectivity index is 2.30. The van der Waals surface area contributed by atoms with Crippen molar-refractivity contribution < 1.29 is 9.90 Å². The Morgan fingerprint density at radius 2 is 1.77 bits per heavy atom. The van der Waals surface area contributed by atoms with Gasteiger partial charge in [0.15, 0.2) is 0 Å². The summed E-state index contributed by atoms with van der Waals surface area (Å²) < 4.78 is 0. The number of carboxylic acid groups (broad SMARTS) is 1. The first-order chi connectivity index (χ1) is 12.4. The fraction of sp³-hybridized carbons (Fsp3) is 0.318. The van der Waals surface area contributed by atoms with Crippen LogP contribution in [0.4, 0.5) is 0 Å². The number of benzene rings is 2. The highest BCUT2D eigenvalue weighted by atomic mass is 16.4. The SMILES string of the molecule is Cc1cc(C)cc(-c2[nH]c3c(C)ccc(C(=O)O)c3c2CCCCN)c1. The molecule has 0 unspecified atom stereocenters. The van der Waals surface area contributed by atoms with Crippen LogP contribution in [0.2, 0.25) is 0 Å².